The summed E-state index contributed by atoms with van der Waals surface area (Å²) in [5.41, 5.74) is 0.0188. The Balaban J connectivity index is 2.38. The van der Waals surface area contributed by atoms with Crippen LogP contribution in [0, 0.1) is 0 Å². The van der Waals surface area contributed by atoms with Gasteiger partial charge in [0.2, 0.25) is 0 Å². The van der Waals surface area contributed by atoms with E-state index in [1.54, 1.807) is 0 Å². The fraction of sp³-hybridized carbons (Fsp3) is 0.385. The van der Waals surface area contributed by atoms with Crippen molar-refractivity contribution in [3.05, 3.63) is 46.0 Å². The molecule has 108 valence electrons. The smallest absolute Gasteiger partial charge is 0.383 e. The van der Waals surface area contributed by atoms with Crippen molar-refractivity contribution < 1.29 is 18.3 Å². The molecule has 0 radical (unpaired) electrons. The van der Waals surface area contributed by atoms with Crippen LogP contribution in [0.25, 0.3) is 0 Å². The van der Waals surface area contributed by atoms with Crippen LogP contribution in [-0.4, -0.2) is 14.7 Å². The van der Waals surface area contributed by atoms with Gasteiger partial charge in [0.1, 0.15) is 6.10 Å². The Labute approximate surface area is 118 Å². The second-order valence-electron chi connectivity index (χ2n) is 4.70. The van der Waals surface area contributed by atoms with Crippen molar-refractivity contribution in [2.45, 2.75) is 32.0 Å². The minimum Gasteiger partial charge on any atom is -0.383 e. The number of aliphatic hydroxyl groups is 1. The number of nitrogens with zero attached hydrogens (tertiary/aromatic N) is 2. The van der Waals surface area contributed by atoms with Gasteiger partial charge in [0.15, 0.2) is 0 Å². The van der Waals surface area contributed by atoms with Crippen LogP contribution < -0.4 is 0 Å². The zero-order valence-electron chi connectivity index (χ0n) is 10.8. The first-order chi connectivity index (χ1) is 9.30. The zero-order chi connectivity index (χ0) is 14.9. The summed E-state index contributed by atoms with van der Waals surface area (Å²) in [6, 6.07) is 4.67. The molecule has 3 nitrogen and oxygen atoms in total. The highest BCUT2D eigenvalue weighted by atomic mass is 32.1. The molecular weight excluding hydrogens is 289 g/mol. The largest absolute Gasteiger partial charge is 0.416 e. The molecule has 1 aromatic heterocycles. The number of halogens is 3. The molecular formula is C13H13F3N2OS. The Morgan fingerprint density at radius 1 is 1.25 bits per heavy atom. The highest BCUT2D eigenvalue weighted by Gasteiger charge is 2.31. The first-order valence-electron chi connectivity index (χ1n) is 5.98. The second kappa shape index (κ2) is 5.49. The summed E-state index contributed by atoms with van der Waals surface area (Å²) < 4.78 is 41.8. The second-order valence-corrected chi connectivity index (χ2v) is 5.49. The summed E-state index contributed by atoms with van der Waals surface area (Å²) in [6.45, 7) is 3.78. The summed E-state index contributed by atoms with van der Waals surface area (Å²) in [6.07, 6.45) is -5.57. The molecule has 1 N–H and O–H groups in total. The molecule has 0 saturated heterocycles. The van der Waals surface area contributed by atoms with Gasteiger partial charge in [0.05, 0.1) is 16.1 Å². The predicted octanol–water partition coefficient (Wildman–Crippen LogP) is 3.76. The number of benzene rings is 1. The van der Waals surface area contributed by atoms with Gasteiger partial charge in [-0.15, -0.1) is 5.10 Å². The molecule has 1 unspecified atom stereocenters. The molecule has 0 aliphatic carbocycles. The van der Waals surface area contributed by atoms with E-state index >= 15 is 0 Å². The zero-order valence-corrected chi connectivity index (χ0v) is 11.7. The molecule has 0 aliphatic rings. The quantitative estimate of drug-likeness (QED) is 0.939. The fourth-order valence-electron chi connectivity index (χ4n) is 1.83. The van der Waals surface area contributed by atoms with Gasteiger partial charge < -0.3 is 5.11 Å². The SMILES string of the molecule is CC(C)c1nnsc1C(O)c1cccc(C(F)(F)F)c1. The van der Waals surface area contributed by atoms with Crippen LogP contribution in [0.4, 0.5) is 13.2 Å². The highest BCUT2D eigenvalue weighted by Crippen LogP contribution is 2.34. The van der Waals surface area contributed by atoms with Gasteiger partial charge in [-0.05, 0) is 35.1 Å². The van der Waals surface area contributed by atoms with Crippen LogP contribution in [-0.2, 0) is 6.18 Å². The first-order valence-corrected chi connectivity index (χ1v) is 6.75. The van der Waals surface area contributed by atoms with E-state index in [4.69, 9.17) is 0 Å². The van der Waals surface area contributed by atoms with Gasteiger partial charge >= 0.3 is 6.18 Å². The summed E-state index contributed by atoms with van der Waals surface area (Å²) >= 11 is 1.00. The molecule has 0 spiro atoms. The van der Waals surface area contributed by atoms with E-state index in [1.807, 2.05) is 13.8 Å². The third-order valence-electron chi connectivity index (χ3n) is 2.87. The van der Waals surface area contributed by atoms with Gasteiger partial charge in [-0.2, -0.15) is 13.2 Å². The maximum Gasteiger partial charge on any atom is 0.416 e. The lowest BCUT2D eigenvalue weighted by Gasteiger charge is -2.14. The average Bonchev–Trinajstić information content (AvgIpc) is 2.86. The van der Waals surface area contributed by atoms with Crippen molar-refractivity contribution in [1.82, 2.24) is 9.59 Å². The van der Waals surface area contributed by atoms with Gasteiger partial charge in [0, 0.05) is 0 Å². The van der Waals surface area contributed by atoms with Gasteiger partial charge in [0.25, 0.3) is 0 Å². The van der Waals surface area contributed by atoms with Gasteiger partial charge in [-0.25, -0.2) is 0 Å². The third-order valence-corrected chi connectivity index (χ3v) is 3.66. The van der Waals surface area contributed by atoms with Gasteiger partial charge in [-0.1, -0.05) is 30.5 Å². The maximum atomic E-state index is 12.7. The Kier molecular flexibility index (Phi) is 4.10. The van der Waals surface area contributed by atoms with Crippen molar-refractivity contribution in [3.8, 4) is 0 Å². The summed E-state index contributed by atoms with van der Waals surface area (Å²) in [5.74, 6) is 0.0456. The van der Waals surface area contributed by atoms with E-state index in [1.165, 1.54) is 12.1 Å². The number of alkyl halides is 3. The molecule has 1 aromatic carbocycles. The lowest BCUT2D eigenvalue weighted by Crippen LogP contribution is -2.08. The molecule has 1 atom stereocenters. The molecule has 2 rings (SSSR count). The van der Waals surface area contributed by atoms with Crippen LogP contribution in [0.5, 0.6) is 0 Å². The van der Waals surface area contributed by atoms with Crippen molar-refractivity contribution in [1.29, 1.82) is 0 Å². The molecule has 0 fully saturated rings. The lowest BCUT2D eigenvalue weighted by atomic mass is 10.0. The third kappa shape index (κ3) is 2.99. The normalized spacial score (nSPS) is 13.8. The van der Waals surface area contributed by atoms with Crippen LogP contribution in [0.2, 0.25) is 0 Å². The highest BCUT2D eigenvalue weighted by molar-refractivity contribution is 7.05. The Morgan fingerprint density at radius 2 is 1.95 bits per heavy atom. The number of hydrogen-bond donors (Lipinski definition) is 1. The van der Waals surface area contributed by atoms with E-state index in [9.17, 15) is 18.3 Å². The summed E-state index contributed by atoms with van der Waals surface area (Å²) in [4.78, 5) is 0.485. The lowest BCUT2D eigenvalue weighted by molar-refractivity contribution is -0.137. The monoisotopic (exact) mass is 302 g/mol. The van der Waals surface area contributed by atoms with Crippen LogP contribution in [0.15, 0.2) is 24.3 Å². The standard InChI is InChI=1S/C13H13F3N2OS/c1-7(2)10-12(20-18-17-10)11(19)8-4-3-5-9(6-8)13(14,15)16/h3-7,11,19H,1-2H3. The number of hydrogen-bond acceptors (Lipinski definition) is 4. The van der Waals surface area contributed by atoms with Crippen molar-refractivity contribution in [2.24, 2.45) is 0 Å². The molecule has 0 aliphatic heterocycles. The molecule has 7 heteroatoms. The summed E-state index contributed by atoms with van der Waals surface area (Å²) in [7, 11) is 0. The van der Waals surface area contributed by atoms with Crippen LogP contribution in [0.1, 0.15) is 47.6 Å². The average molecular weight is 302 g/mol. The van der Waals surface area contributed by atoms with Crippen molar-refractivity contribution in [3.63, 3.8) is 0 Å². The van der Waals surface area contributed by atoms with Crippen LogP contribution in [0.3, 0.4) is 0 Å². The molecule has 2 aromatic rings. The topological polar surface area (TPSA) is 46.0 Å². The minimum absolute atomic E-state index is 0.0456. The van der Waals surface area contributed by atoms with Crippen molar-refractivity contribution >= 4 is 11.5 Å². The molecule has 0 saturated carbocycles. The van der Waals surface area contributed by atoms with E-state index in [0.29, 0.717) is 10.6 Å². The van der Waals surface area contributed by atoms with Crippen molar-refractivity contribution in [2.75, 3.05) is 0 Å². The van der Waals surface area contributed by atoms with E-state index < -0.39 is 17.8 Å². The minimum atomic E-state index is -4.43. The number of aromatic nitrogens is 2. The fourth-order valence-corrected chi connectivity index (χ4v) is 2.65. The first kappa shape index (κ1) is 14.9. The molecule has 0 bridgehead atoms. The molecule has 20 heavy (non-hydrogen) atoms. The summed E-state index contributed by atoms with van der Waals surface area (Å²) in [5, 5.41) is 14.2. The number of rotatable bonds is 3. The Hall–Kier alpha value is -1.47. The molecule has 1 heterocycles. The molecule has 0 amide bonds. The Morgan fingerprint density at radius 3 is 2.55 bits per heavy atom. The van der Waals surface area contributed by atoms with Crippen LogP contribution >= 0.6 is 11.5 Å². The van der Waals surface area contributed by atoms with E-state index in [0.717, 1.165) is 23.7 Å². The predicted molar refractivity (Wildman–Crippen MR) is 69.5 cm³/mol. The van der Waals surface area contributed by atoms with Gasteiger partial charge in [-0.3, -0.25) is 0 Å². The number of aliphatic hydroxyl groups excluding tert-OH is 1. The van der Waals surface area contributed by atoms with E-state index in [2.05, 4.69) is 9.59 Å². The Bertz CT molecular complexity index is 595. The van der Waals surface area contributed by atoms with E-state index in [-0.39, 0.29) is 11.5 Å². The maximum absolute atomic E-state index is 12.7.